The second kappa shape index (κ2) is 3.07. The van der Waals surface area contributed by atoms with Crippen molar-refractivity contribution in [1.29, 1.82) is 0 Å². The van der Waals surface area contributed by atoms with Gasteiger partial charge in [-0.3, -0.25) is 4.68 Å². The Bertz CT molecular complexity index is 487. The van der Waals surface area contributed by atoms with Gasteiger partial charge in [-0.2, -0.15) is 5.10 Å². The van der Waals surface area contributed by atoms with Crippen molar-refractivity contribution < 1.29 is 18.3 Å². The molecule has 8 heteroatoms. The predicted molar refractivity (Wildman–Crippen MR) is 46.3 cm³/mol. The molecule has 0 unspecified atom stereocenters. The number of hydrogen-bond donors (Lipinski definition) is 2. The molecule has 0 fully saturated rings. The summed E-state index contributed by atoms with van der Waals surface area (Å²) in [5, 5.41) is 16.8. The zero-order valence-corrected chi connectivity index (χ0v) is 8.37. The van der Waals surface area contributed by atoms with E-state index in [1.807, 2.05) is 0 Å². The zero-order valence-electron chi connectivity index (χ0n) is 7.55. The van der Waals surface area contributed by atoms with Crippen LogP contribution in [0.15, 0.2) is 5.03 Å². The van der Waals surface area contributed by atoms with Crippen LogP contribution >= 0.6 is 0 Å². The predicted octanol–water partition coefficient (Wildman–Crippen LogP) is -0.926. The molecule has 0 aliphatic rings. The van der Waals surface area contributed by atoms with Crippen LogP contribution in [0.2, 0.25) is 0 Å². The number of nitrogens with zero attached hydrogens (tertiary/aromatic N) is 2. The number of aryl methyl sites for hydroxylation is 2. The molecule has 0 aromatic carbocycles. The Morgan fingerprint density at radius 3 is 2.36 bits per heavy atom. The van der Waals surface area contributed by atoms with E-state index in [9.17, 15) is 13.2 Å². The molecular weight excluding hydrogens is 210 g/mol. The van der Waals surface area contributed by atoms with E-state index in [4.69, 9.17) is 10.2 Å². The Hall–Kier alpha value is -1.41. The van der Waals surface area contributed by atoms with Crippen molar-refractivity contribution in [3.63, 3.8) is 0 Å². The number of sulfonamides is 1. The van der Waals surface area contributed by atoms with Crippen LogP contribution in [-0.2, 0) is 17.1 Å². The minimum atomic E-state index is -4.07. The molecule has 14 heavy (non-hydrogen) atoms. The van der Waals surface area contributed by atoms with Crippen molar-refractivity contribution in [1.82, 2.24) is 9.78 Å². The maximum Gasteiger partial charge on any atom is 0.340 e. The third-order valence-electron chi connectivity index (χ3n) is 1.65. The van der Waals surface area contributed by atoms with Gasteiger partial charge in [0, 0.05) is 7.05 Å². The number of primary sulfonamides is 1. The smallest absolute Gasteiger partial charge is 0.340 e. The number of carboxylic acid groups (broad SMARTS) is 1. The third kappa shape index (κ3) is 1.61. The molecule has 0 amide bonds. The molecule has 0 radical (unpaired) electrons. The summed E-state index contributed by atoms with van der Waals surface area (Å²) < 4.78 is 23.0. The molecule has 0 bridgehead atoms. The van der Waals surface area contributed by atoms with Crippen LogP contribution in [0.25, 0.3) is 0 Å². The molecular formula is C6H9N3O4S. The van der Waals surface area contributed by atoms with Crippen molar-refractivity contribution in [3.8, 4) is 0 Å². The molecule has 1 aromatic rings. The van der Waals surface area contributed by atoms with Gasteiger partial charge in [0.15, 0.2) is 5.03 Å². The summed E-state index contributed by atoms with van der Waals surface area (Å²) in [5.41, 5.74) is -0.265. The first-order valence-electron chi connectivity index (χ1n) is 3.55. The van der Waals surface area contributed by atoms with Gasteiger partial charge >= 0.3 is 5.97 Å². The summed E-state index contributed by atoms with van der Waals surface area (Å²) in [7, 11) is -2.75. The molecule has 1 rings (SSSR count). The molecule has 1 aromatic heterocycles. The number of aromatic nitrogens is 2. The van der Waals surface area contributed by atoms with Crippen molar-refractivity contribution in [2.45, 2.75) is 11.9 Å². The average molecular weight is 219 g/mol. The van der Waals surface area contributed by atoms with E-state index in [0.717, 1.165) is 4.68 Å². The first-order valence-corrected chi connectivity index (χ1v) is 5.09. The SMILES string of the molecule is Cc1nn(C)c(S(N)(=O)=O)c1C(=O)O. The second-order valence-electron chi connectivity index (χ2n) is 2.74. The second-order valence-corrected chi connectivity index (χ2v) is 4.22. The average Bonchev–Trinajstić information content (AvgIpc) is 2.23. The monoisotopic (exact) mass is 219 g/mol. The Balaban J connectivity index is 3.65. The van der Waals surface area contributed by atoms with Crippen LogP contribution < -0.4 is 5.14 Å². The van der Waals surface area contributed by atoms with Gasteiger partial charge in [0.1, 0.15) is 5.56 Å². The van der Waals surface area contributed by atoms with Gasteiger partial charge in [-0.25, -0.2) is 18.4 Å². The maximum atomic E-state index is 11.0. The highest BCUT2D eigenvalue weighted by atomic mass is 32.2. The Morgan fingerprint density at radius 1 is 1.57 bits per heavy atom. The van der Waals surface area contributed by atoms with E-state index >= 15 is 0 Å². The minimum absolute atomic E-state index is 0.115. The number of hydrogen-bond acceptors (Lipinski definition) is 4. The first kappa shape index (κ1) is 10.7. The van der Waals surface area contributed by atoms with Gasteiger partial charge in [0.05, 0.1) is 5.69 Å². The van der Waals surface area contributed by atoms with Crippen LogP contribution in [-0.4, -0.2) is 29.3 Å². The quantitative estimate of drug-likeness (QED) is 0.667. The first-order chi connectivity index (χ1) is 6.25. The Labute approximate surface area is 80.2 Å². The lowest BCUT2D eigenvalue weighted by Gasteiger charge is -1.99. The number of aromatic carboxylic acids is 1. The summed E-state index contributed by atoms with van der Waals surface area (Å²) in [6.45, 7) is 1.40. The van der Waals surface area contributed by atoms with E-state index in [1.54, 1.807) is 0 Å². The lowest BCUT2D eigenvalue weighted by Crippen LogP contribution is -2.19. The topological polar surface area (TPSA) is 115 Å². The highest BCUT2D eigenvalue weighted by molar-refractivity contribution is 7.89. The minimum Gasteiger partial charge on any atom is -0.478 e. The van der Waals surface area contributed by atoms with Crippen molar-refractivity contribution in [2.24, 2.45) is 12.2 Å². The molecule has 1 heterocycles. The van der Waals surface area contributed by atoms with Crippen molar-refractivity contribution in [3.05, 3.63) is 11.3 Å². The van der Waals surface area contributed by atoms with Crippen molar-refractivity contribution in [2.75, 3.05) is 0 Å². The Kier molecular flexibility index (Phi) is 2.34. The molecule has 0 aliphatic heterocycles. The molecule has 0 saturated carbocycles. The van der Waals surface area contributed by atoms with E-state index in [1.165, 1.54) is 14.0 Å². The molecule has 0 atom stereocenters. The summed E-state index contributed by atoms with van der Waals surface area (Å²) >= 11 is 0. The van der Waals surface area contributed by atoms with Gasteiger partial charge < -0.3 is 5.11 Å². The van der Waals surface area contributed by atoms with Gasteiger partial charge in [-0.15, -0.1) is 0 Å². The van der Waals surface area contributed by atoms with E-state index in [2.05, 4.69) is 5.10 Å². The summed E-state index contributed by atoms with van der Waals surface area (Å²) in [5.74, 6) is -1.36. The molecule has 0 spiro atoms. The molecule has 7 nitrogen and oxygen atoms in total. The number of nitrogens with two attached hydrogens (primary N) is 1. The standard InChI is InChI=1S/C6H9N3O4S/c1-3-4(6(10)11)5(9(2)8-3)14(7,12)13/h1-2H3,(H,10,11)(H2,7,12,13). The van der Waals surface area contributed by atoms with Crippen LogP contribution in [0.1, 0.15) is 16.1 Å². The van der Waals surface area contributed by atoms with Crippen LogP contribution in [0.3, 0.4) is 0 Å². The zero-order chi connectivity index (χ0) is 11.1. The van der Waals surface area contributed by atoms with E-state index in [0.29, 0.717) is 0 Å². The fourth-order valence-electron chi connectivity index (χ4n) is 1.21. The number of carboxylic acids is 1. The molecule has 78 valence electrons. The normalized spacial score (nSPS) is 11.6. The van der Waals surface area contributed by atoms with Crippen LogP contribution in [0.4, 0.5) is 0 Å². The summed E-state index contributed by atoms with van der Waals surface area (Å²) in [6, 6.07) is 0. The van der Waals surface area contributed by atoms with Crippen molar-refractivity contribution >= 4 is 16.0 Å². The summed E-state index contributed by atoms with van der Waals surface area (Å²) in [4.78, 5) is 10.7. The van der Waals surface area contributed by atoms with Gasteiger partial charge in [0.25, 0.3) is 10.0 Å². The van der Waals surface area contributed by atoms with Gasteiger partial charge in [-0.05, 0) is 6.92 Å². The summed E-state index contributed by atoms with van der Waals surface area (Å²) in [6.07, 6.45) is 0. The van der Waals surface area contributed by atoms with Gasteiger partial charge in [-0.1, -0.05) is 0 Å². The number of carbonyl (C=O) groups is 1. The fourth-order valence-corrected chi connectivity index (χ4v) is 2.14. The highest BCUT2D eigenvalue weighted by Crippen LogP contribution is 2.16. The molecule has 0 saturated heterocycles. The highest BCUT2D eigenvalue weighted by Gasteiger charge is 2.26. The lowest BCUT2D eigenvalue weighted by molar-refractivity contribution is 0.0691. The lowest BCUT2D eigenvalue weighted by atomic mass is 10.3. The maximum absolute atomic E-state index is 11.0. The Morgan fingerprint density at radius 2 is 2.07 bits per heavy atom. The number of rotatable bonds is 2. The largest absolute Gasteiger partial charge is 0.478 e. The third-order valence-corrected chi connectivity index (χ3v) is 2.66. The van der Waals surface area contributed by atoms with Gasteiger partial charge in [0.2, 0.25) is 0 Å². The van der Waals surface area contributed by atoms with Crippen LogP contribution in [0, 0.1) is 6.92 Å². The fraction of sp³-hybridized carbons (Fsp3) is 0.333. The van der Waals surface area contributed by atoms with Crippen LogP contribution in [0.5, 0.6) is 0 Å². The van der Waals surface area contributed by atoms with E-state index in [-0.39, 0.29) is 11.3 Å². The molecule has 0 aliphatic carbocycles. The van der Waals surface area contributed by atoms with E-state index < -0.39 is 21.0 Å². The molecule has 3 N–H and O–H groups in total.